The molecule has 0 saturated carbocycles. The lowest BCUT2D eigenvalue weighted by Crippen LogP contribution is -2.31. The minimum atomic E-state index is -0.168. The van der Waals surface area contributed by atoms with Crippen molar-refractivity contribution in [3.8, 4) is 5.75 Å². The number of hydrogen-bond acceptors (Lipinski definition) is 5. The topological polar surface area (TPSA) is 67.3 Å². The van der Waals surface area contributed by atoms with Gasteiger partial charge in [0.2, 0.25) is 0 Å². The number of nitrogens with one attached hydrogen (secondary N) is 1. The Morgan fingerprint density at radius 1 is 1.27 bits per heavy atom. The number of ether oxygens (including phenoxy) is 1. The van der Waals surface area contributed by atoms with Crippen molar-refractivity contribution in [1.82, 2.24) is 14.9 Å². The number of carbonyl (C=O) groups excluding carboxylic acids is 1. The molecule has 1 aromatic heterocycles. The zero-order valence-electron chi connectivity index (χ0n) is 15.7. The number of aromatic nitrogens is 2. The van der Waals surface area contributed by atoms with Crippen molar-refractivity contribution in [1.29, 1.82) is 0 Å². The Labute approximate surface area is 154 Å². The van der Waals surface area contributed by atoms with Gasteiger partial charge in [-0.3, -0.25) is 4.79 Å². The summed E-state index contributed by atoms with van der Waals surface area (Å²) in [7, 11) is 3.77. The lowest BCUT2D eigenvalue weighted by Gasteiger charge is -2.29. The van der Waals surface area contributed by atoms with Crippen molar-refractivity contribution in [2.24, 2.45) is 5.92 Å². The van der Waals surface area contributed by atoms with Crippen LogP contribution in [-0.4, -0.2) is 48.0 Å². The molecule has 6 heteroatoms. The summed E-state index contributed by atoms with van der Waals surface area (Å²) < 4.78 is 5.15. The number of aryl methyl sites for hydroxylation is 1. The molecular weight excluding hydrogens is 328 g/mol. The van der Waals surface area contributed by atoms with Crippen LogP contribution in [0.2, 0.25) is 0 Å². The Balaban J connectivity index is 1.74. The van der Waals surface area contributed by atoms with Crippen LogP contribution in [0.1, 0.15) is 34.7 Å². The van der Waals surface area contributed by atoms with Gasteiger partial charge in [-0.05, 0) is 76.5 Å². The first kappa shape index (κ1) is 18.3. The van der Waals surface area contributed by atoms with Gasteiger partial charge in [-0.2, -0.15) is 0 Å². The summed E-state index contributed by atoms with van der Waals surface area (Å²) in [6.45, 7) is 4.06. The standard InChI is InChI=1S/C20H26N4O2/c1-14-21-13-18(19(22-14)12-15-8-10-24(2)11-9-15)20(25)23-16-4-6-17(26-3)7-5-16/h4-7,13,15H,8-12H2,1-3H3,(H,23,25). The van der Waals surface area contributed by atoms with Gasteiger partial charge < -0.3 is 15.0 Å². The average Bonchev–Trinajstić information content (AvgIpc) is 2.64. The van der Waals surface area contributed by atoms with E-state index in [-0.39, 0.29) is 5.91 Å². The Kier molecular flexibility index (Phi) is 5.83. The Morgan fingerprint density at radius 3 is 2.62 bits per heavy atom. The van der Waals surface area contributed by atoms with Crippen LogP contribution in [0.5, 0.6) is 5.75 Å². The number of methoxy groups -OCH3 is 1. The van der Waals surface area contributed by atoms with Crippen LogP contribution in [0, 0.1) is 12.8 Å². The van der Waals surface area contributed by atoms with E-state index in [0.717, 1.165) is 49.5 Å². The predicted molar refractivity (Wildman–Crippen MR) is 102 cm³/mol. The first-order valence-electron chi connectivity index (χ1n) is 9.01. The fourth-order valence-electron chi connectivity index (χ4n) is 3.27. The van der Waals surface area contributed by atoms with Crippen molar-refractivity contribution in [2.45, 2.75) is 26.2 Å². The third kappa shape index (κ3) is 4.58. The Morgan fingerprint density at radius 2 is 1.96 bits per heavy atom. The van der Waals surface area contributed by atoms with Gasteiger partial charge in [-0.1, -0.05) is 0 Å². The molecule has 1 amide bonds. The number of hydrogen-bond donors (Lipinski definition) is 1. The van der Waals surface area contributed by atoms with Gasteiger partial charge in [0.15, 0.2) is 0 Å². The van der Waals surface area contributed by atoms with Crippen LogP contribution in [-0.2, 0) is 6.42 Å². The molecule has 1 fully saturated rings. The molecule has 0 bridgehead atoms. The van der Waals surface area contributed by atoms with Crippen molar-refractivity contribution >= 4 is 11.6 Å². The van der Waals surface area contributed by atoms with Gasteiger partial charge in [0.25, 0.3) is 5.91 Å². The van der Waals surface area contributed by atoms with Crippen LogP contribution < -0.4 is 10.1 Å². The molecule has 1 aliphatic rings. The highest BCUT2D eigenvalue weighted by atomic mass is 16.5. The summed E-state index contributed by atoms with van der Waals surface area (Å²) >= 11 is 0. The van der Waals surface area contributed by atoms with E-state index in [0.29, 0.717) is 17.3 Å². The minimum absolute atomic E-state index is 0.168. The fourth-order valence-corrected chi connectivity index (χ4v) is 3.27. The van der Waals surface area contributed by atoms with E-state index in [9.17, 15) is 4.79 Å². The number of likely N-dealkylation sites (tertiary alicyclic amines) is 1. The first-order valence-corrected chi connectivity index (χ1v) is 9.01. The van der Waals surface area contributed by atoms with Crippen LogP contribution in [0.25, 0.3) is 0 Å². The molecule has 0 unspecified atom stereocenters. The molecule has 2 aromatic rings. The maximum atomic E-state index is 12.8. The van der Waals surface area contributed by atoms with E-state index in [2.05, 4.69) is 27.2 Å². The summed E-state index contributed by atoms with van der Waals surface area (Å²) in [6.07, 6.45) is 4.74. The summed E-state index contributed by atoms with van der Waals surface area (Å²) in [5, 5.41) is 2.93. The Hall–Kier alpha value is -2.47. The van der Waals surface area contributed by atoms with Crippen molar-refractivity contribution in [2.75, 3.05) is 32.6 Å². The second kappa shape index (κ2) is 8.27. The number of piperidine rings is 1. The highest BCUT2D eigenvalue weighted by Crippen LogP contribution is 2.22. The maximum absolute atomic E-state index is 12.8. The summed E-state index contributed by atoms with van der Waals surface area (Å²) in [4.78, 5) is 23.9. The van der Waals surface area contributed by atoms with E-state index < -0.39 is 0 Å². The molecule has 1 aliphatic heterocycles. The van der Waals surface area contributed by atoms with Gasteiger partial charge in [0, 0.05) is 11.9 Å². The molecule has 26 heavy (non-hydrogen) atoms. The lowest BCUT2D eigenvalue weighted by atomic mass is 9.91. The molecule has 6 nitrogen and oxygen atoms in total. The summed E-state index contributed by atoms with van der Waals surface area (Å²) in [5.41, 5.74) is 2.13. The zero-order chi connectivity index (χ0) is 18.5. The highest BCUT2D eigenvalue weighted by Gasteiger charge is 2.21. The quantitative estimate of drug-likeness (QED) is 0.894. The molecule has 1 saturated heterocycles. The van der Waals surface area contributed by atoms with Gasteiger partial charge in [0.05, 0.1) is 18.4 Å². The largest absolute Gasteiger partial charge is 0.497 e. The summed E-state index contributed by atoms with van der Waals surface area (Å²) in [6, 6.07) is 7.28. The third-order valence-corrected chi connectivity index (χ3v) is 4.90. The van der Waals surface area contributed by atoms with Crippen LogP contribution in [0.15, 0.2) is 30.5 Å². The van der Waals surface area contributed by atoms with Crippen molar-refractivity contribution in [3.05, 3.63) is 47.5 Å². The maximum Gasteiger partial charge on any atom is 0.259 e. The molecule has 0 spiro atoms. The smallest absolute Gasteiger partial charge is 0.259 e. The molecule has 1 aromatic carbocycles. The number of rotatable bonds is 5. The molecule has 138 valence electrons. The van der Waals surface area contributed by atoms with Crippen molar-refractivity contribution in [3.63, 3.8) is 0 Å². The molecular formula is C20H26N4O2. The molecule has 0 radical (unpaired) electrons. The number of nitrogens with zero attached hydrogens (tertiary/aromatic N) is 3. The highest BCUT2D eigenvalue weighted by molar-refractivity contribution is 6.04. The number of anilines is 1. The average molecular weight is 354 g/mol. The minimum Gasteiger partial charge on any atom is -0.497 e. The lowest BCUT2D eigenvalue weighted by molar-refractivity contribution is 0.102. The van der Waals surface area contributed by atoms with Crippen molar-refractivity contribution < 1.29 is 9.53 Å². The molecule has 2 heterocycles. The summed E-state index contributed by atoms with van der Waals surface area (Å²) in [5.74, 6) is 1.85. The molecule has 1 N–H and O–H groups in total. The number of carbonyl (C=O) groups is 1. The predicted octanol–water partition coefficient (Wildman–Crippen LogP) is 2.93. The van der Waals surface area contributed by atoms with E-state index >= 15 is 0 Å². The van der Waals surface area contributed by atoms with Gasteiger partial charge in [-0.25, -0.2) is 9.97 Å². The second-order valence-corrected chi connectivity index (χ2v) is 6.91. The zero-order valence-corrected chi connectivity index (χ0v) is 15.7. The Bertz CT molecular complexity index is 753. The van der Waals surface area contributed by atoms with E-state index in [1.165, 1.54) is 0 Å². The molecule has 3 rings (SSSR count). The van der Waals surface area contributed by atoms with E-state index in [1.54, 1.807) is 13.3 Å². The van der Waals surface area contributed by atoms with Gasteiger partial charge in [0.1, 0.15) is 11.6 Å². The third-order valence-electron chi connectivity index (χ3n) is 4.90. The van der Waals surface area contributed by atoms with Crippen LogP contribution in [0.3, 0.4) is 0 Å². The van der Waals surface area contributed by atoms with E-state index in [4.69, 9.17) is 4.74 Å². The van der Waals surface area contributed by atoms with Crippen LogP contribution >= 0.6 is 0 Å². The van der Waals surface area contributed by atoms with Gasteiger partial charge in [-0.15, -0.1) is 0 Å². The van der Waals surface area contributed by atoms with Gasteiger partial charge >= 0.3 is 0 Å². The second-order valence-electron chi connectivity index (χ2n) is 6.91. The first-order chi connectivity index (χ1) is 12.5. The van der Waals surface area contributed by atoms with Crippen LogP contribution in [0.4, 0.5) is 5.69 Å². The SMILES string of the molecule is COc1ccc(NC(=O)c2cnc(C)nc2CC2CCN(C)CC2)cc1. The monoisotopic (exact) mass is 354 g/mol. The van der Waals surface area contributed by atoms with E-state index in [1.807, 2.05) is 31.2 Å². The number of benzene rings is 1. The fraction of sp³-hybridized carbons (Fsp3) is 0.450. The molecule has 0 aliphatic carbocycles. The number of amides is 1. The normalized spacial score (nSPS) is 15.7. The molecule has 0 atom stereocenters.